The molecule has 0 aromatic heterocycles. The van der Waals surface area contributed by atoms with Gasteiger partial charge in [-0.25, -0.2) is 0 Å². The van der Waals surface area contributed by atoms with Gasteiger partial charge in [0.05, 0.1) is 0 Å². The summed E-state index contributed by atoms with van der Waals surface area (Å²) in [5.74, 6) is 0.905. The van der Waals surface area contributed by atoms with E-state index >= 15 is 0 Å². The Morgan fingerprint density at radius 1 is 1.21 bits per heavy atom. The molecule has 1 fully saturated rings. The Labute approximate surface area is 93.8 Å². The Kier molecular flexibility index (Phi) is 3.53. The molecule has 3 heteroatoms. The van der Waals surface area contributed by atoms with E-state index in [9.17, 15) is 0 Å². The third-order valence-corrected chi connectivity index (χ3v) is 2.43. The van der Waals surface area contributed by atoms with Crippen LogP contribution in [-0.4, -0.2) is 30.6 Å². The van der Waals surface area contributed by atoms with Gasteiger partial charge >= 0.3 is 93.6 Å². The molecule has 1 unspecified atom stereocenters. The van der Waals surface area contributed by atoms with Crippen LogP contribution >= 0.6 is 0 Å². The Morgan fingerprint density at radius 2 is 2.00 bits per heavy atom. The van der Waals surface area contributed by atoms with Gasteiger partial charge in [0, 0.05) is 0 Å². The SMILES string of the molecule is [Li][c]1ccc(OC2CCCCO2)cc1. The normalized spacial score (nSPS) is 22.0. The molecule has 1 aromatic rings. The number of hydrogen-bond acceptors (Lipinski definition) is 2. The summed E-state index contributed by atoms with van der Waals surface area (Å²) in [5.41, 5.74) is 0. The Morgan fingerprint density at radius 3 is 2.64 bits per heavy atom. The summed E-state index contributed by atoms with van der Waals surface area (Å²) >= 11 is 2.07. The third-order valence-electron chi connectivity index (χ3n) is 2.43. The van der Waals surface area contributed by atoms with Crippen molar-refractivity contribution in [3.8, 4) is 5.75 Å². The molecule has 1 aromatic carbocycles. The number of hydrogen-bond donors (Lipinski definition) is 0. The van der Waals surface area contributed by atoms with Crippen LogP contribution in [-0.2, 0) is 4.74 Å². The van der Waals surface area contributed by atoms with E-state index in [1.165, 1.54) is 10.7 Å². The molecule has 0 spiro atoms. The van der Waals surface area contributed by atoms with Gasteiger partial charge in [-0.15, -0.1) is 0 Å². The van der Waals surface area contributed by atoms with Gasteiger partial charge < -0.3 is 0 Å². The molecule has 0 bridgehead atoms. The predicted octanol–water partition coefficient (Wildman–Crippen LogP) is 1.39. The first kappa shape index (κ1) is 10.1. The van der Waals surface area contributed by atoms with Gasteiger partial charge in [0.2, 0.25) is 0 Å². The van der Waals surface area contributed by atoms with Gasteiger partial charge in [0.15, 0.2) is 0 Å². The van der Waals surface area contributed by atoms with Crippen LogP contribution in [0.3, 0.4) is 0 Å². The fourth-order valence-corrected chi connectivity index (χ4v) is 1.57. The van der Waals surface area contributed by atoms with Crippen molar-refractivity contribution in [2.45, 2.75) is 25.6 Å². The van der Waals surface area contributed by atoms with Crippen LogP contribution in [0, 0.1) is 0 Å². The molecule has 0 N–H and O–H groups in total. The zero-order valence-corrected chi connectivity index (χ0v) is 8.53. The summed E-state index contributed by atoms with van der Waals surface area (Å²) in [5, 5.41) is 0. The van der Waals surface area contributed by atoms with Crippen molar-refractivity contribution in [1.29, 1.82) is 0 Å². The van der Waals surface area contributed by atoms with Crippen LogP contribution in [0.15, 0.2) is 24.3 Å². The van der Waals surface area contributed by atoms with Crippen LogP contribution in [0.1, 0.15) is 19.3 Å². The van der Waals surface area contributed by atoms with Crippen molar-refractivity contribution in [2.75, 3.05) is 6.61 Å². The summed E-state index contributed by atoms with van der Waals surface area (Å²) < 4.78 is 12.4. The number of ether oxygens (including phenoxy) is 2. The van der Waals surface area contributed by atoms with Crippen molar-refractivity contribution in [1.82, 2.24) is 0 Å². The Hall–Kier alpha value is -0.423. The van der Waals surface area contributed by atoms with Crippen LogP contribution < -0.4 is 8.97 Å². The molecule has 1 aliphatic rings. The van der Waals surface area contributed by atoms with Gasteiger partial charge in [-0.3, -0.25) is 0 Å². The van der Waals surface area contributed by atoms with Gasteiger partial charge in [-0.1, -0.05) is 0 Å². The molecule has 1 atom stereocenters. The van der Waals surface area contributed by atoms with Gasteiger partial charge in [0.1, 0.15) is 0 Å². The van der Waals surface area contributed by atoms with Gasteiger partial charge in [-0.2, -0.15) is 0 Å². The van der Waals surface area contributed by atoms with Crippen molar-refractivity contribution >= 4 is 22.0 Å². The van der Waals surface area contributed by atoms with E-state index in [4.69, 9.17) is 9.47 Å². The van der Waals surface area contributed by atoms with E-state index in [-0.39, 0.29) is 6.29 Å². The van der Waals surface area contributed by atoms with Gasteiger partial charge in [-0.05, 0) is 0 Å². The monoisotopic (exact) mass is 184 g/mol. The number of benzene rings is 1. The molecule has 1 aliphatic heterocycles. The van der Waals surface area contributed by atoms with E-state index in [0.717, 1.165) is 25.2 Å². The minimum absolute atomic E-state index is 0.0357. The van der Waals surface area contributed by atoms with E-state index in [0.29, 0.717) is 0 Å². The molecule has 1 saturated heterocycles. The van der Waals surface area contributed by atoms with E-state index in [1.807, 2.05) is 12.1 Å². The molecule has 0 radical (unpaired) electrons. The standard InChI is InChI=1S/C11H13O2.Li/c1-2-6-10(7-3-1)13-11-8-4-5-9-12-11;/h2-3,6-7,11H,4-5,8-9H2;. The fraction of sp³-hybridized carbons (Fsp3) is 0.455. The first-order chi connectivity index (χ1) is 6.84. The summed E-state index contributed by atoms with van der Waals surface area (Å²) in [4.78, 5) is 0. The third kappa shape index (κ3) is 2.78. The van der Waals surface area contributed by atoms with Crippen molar-refractivity contribution < 1.29 is 9.47 Å². The molecule has 14 heavy (non-hydrogen) atoms. The summed E-state index contributed by atoms with van der Waals surface area (Å²) in [7, 11) is 0. The predicted molar refractivity (Wildman–Crippen MR) is 56.0 cm³/mol. The first-order valence-electron chi connectivity index (χ1n) is 5.19. The molecule has 2 rings (SSSR count). The zero-order chi connectivity index (χ0) is 9.80. The Balaban J connectivity index is 1.92. The van der Waals surface area contributed by atoms with Crippen LogP contribution in [0.25, 0.3) is 0 Å². The van der Waals surface area contributed by atoms with E-state index in [2.05, 4.69) is 29.8 Å². The van der Waals surface area contributed by atoms with E-state index < -0.39 is 0 Å². The van der Waals surface area contributed by atoms with Crippen molar-refractivity contribution in [2.24, 2.45) is 0 Å². The van der Waals surface area contributed by atoms with Gasteiger partial charge in [0.25, 0.3) is 0 Å². The van der Waals surface area contributed by atoms with E-state index in [1.54, 1.807) is 0 Å². The quantitative estimate of drug-likeness (QED) is 0.646. The average Bonchev–Trinajstić information content (AvgIpc) is 2.23. The van der Waals surface area contributed by atoms with Crippen LogP contribution in [0.2, 0.25) is 0 Å². The maximum absolute atomic E-state index is 5.69. The average molecular weight is 184 g/mol. The molecule has 1 heterocycles. The fourth-order valence-electron chi connectivity index (χ4n) is 1.57. The molecule has 70 valence electrons. The zero-order valence-electron chi connectivity index (χ0n) is 8.53. The van der Waals surface area contributed by atoms with Crippen molar-refractivity contribution in [3.63, 3.8) is 0 Å². The summed E-state index contributed by atoms with van der Waals surface area (Å²) in [6.07, 6.45) is 3.34. The molecular formula is C11H13LiO2. The molecule has 0 saturated carbocycles. The second-order valence-corrected chi connectivity index (χ2v) is 3.73. The first-order valence-corrected chi connectivity index (χ1v) is 5.19. The number of rotatable bonds is 2. The maximum atomic E-state index is 5.69. The molecular weight excluding hydrogens is 171 g/mol. The Bertz CT molecular complexity index is 278. The minimum atomic E-state index is -0.0357. The second-order valence-electron chi connectivity index (χ2n) is 3.73. The van der Waals surface area contributed by atoms with Crippen LogP contribution in [0.5, 0.6) is 5.75 Å². The molecule has 0 amide bonds. The summed E-state index contributed by atoms with van der Waals surface area (Å²) in [6.45, 7) is 0.830. The van der Waals surface area contributed by atoms with Crippen molar-refractivity contribution in [3.05, 3.63) is 24.3 Å². The molecule has 0 aliphatic carbocycles. The topological polar surface area (TPSA) is 18.5 Å². The second kappa shape index (κ2) is 4.88. The summed E-state index contributed by atoms with van der Waals surface area (Å²) in [6, 6.07) is 8.09. The molecule has 2 nitrogen and oxygen atoms in total. The van der Waals surface area contributed by atoms with Crippen LogP contribution in [0.4, 0.5) is 0 Å².